The Morgan fingerprint density at radius 1 is 1.33 bits per heavy atom. The first kappa shape index (κ1) is 13.3. The Kier molecular flexibility index (Phi) is 4.08. The summed E-state index contributed by atoms with van der Waals surface area (Å²) in [4.78, 5) is 18.3. The molecule has 0 aromatic heterocycles. The van der Waals surface area contributed by atoms with Crippen LogP contribution in [0.2, 0.25) is 0 Å². The standard InChI is InChI=1S/C10H13N5O3/c1-18-7-4-5(2-3-6(7)8(16)17)14-10(13)15-9(11)12/h2-4H,1H3,(H,16,17)(H6,11,12,13,14,15). The van der Waals surface area contributed by atoms with Crippen molar-refractivity contribution in [2.24, 2.45) is 27.2 Å². The fourth-order valence-corrected chi connectivity index (χ4v) is 1.22. The van der Waals surface area contributed by atoms with E-state index in [1.807, 2.05) is 0 Å². The summed E-state index contributed by atoms with van der Waals surface area (Å²) in [5.41, 5.74) is 16.1. The molecule has 96 valence electrons. The minimum Gasteiger partial charge on any atom is -0.496 e. The fraction of sp³-hybridized carbons (Fsp3) is 0.100. The Hall–Kier alpha value is -2.77. The first-order valence-corrected chi connectivity index (χ1v) is 4.79. The highest BCUT2D eigenvalue weighted by Gasteiger charge is 2.10. The van der Waals surface area contributed by atoms with Gasteiger partial charge in [0.05, 0.1) is 12.8 Å². The average Bonchev–Trinajstić information content (AvgIpc) is 2.27. The molecule has 7 N–H and O–H groups in total. The van der Waals surface area contributed by atoms with Gasteiger partial charge in [-0.15, -0.1) is 0 Å². The molecule has 0 heterocycles. The molecule has 0 radical (unpaired) electrons. The SMILES string of the molecule is COc1cc(N=C(N)N=C(N)N)ccc1C(=O)O. The van der Waals surface area contributed by atoms with Crippen LogP contribution in [0.25, 0.3) is 0 Å². The van der Waals surface area contributed by atoms with E-state index in [9.17, 15) is 4.79 Å². The van der Waals surface area contributed by atoms with E-state index >= 15 is 0 Å². The van der Waals surface area contributed by atoms with E-state index in [2.05, 4.69) is 9.98 Å². The van der Waals surface area contributed by atoms with Crippen molar-refractivity contribution in [3.05, 3.63) is 23.8 Å². The molecule has 0 unspecified atom stereocenters. The monoisotopic (exact) mass is 251 g/mol. The smallest absolute Gasteiger partial charge is 0.339 e. The molecule has 0 spiro atoms. The number of guanidine groups is 2. The van der Waals surface area contributed by atoms with Crippen LogP contribution in [-0.4, -0.2) is 30.1 Å². The number of rotatable bonds is 3. The van der Waals surface area contributed by atoms with E-state index in [0.29, 0.717) is 5.69 Å². The van der Waals surface area contributed by atoms with Gasteiger partial charge in [0, 0.05) is 6.07 Å². The zero-order valence-corrected chi connectivity index (χ0v) is 9.62. The predicted molar refractivity (Wildman–Crippen MR) is 67.0 cm³/mol. The van der Waals surface area contributed by atoms with Crippen molar-refractivity contribution in [3.8, 4) is 5.75 Å². The number of nitrogens with two attached hydrogens (primary N) is 3. The van der Waals surface area contributed by atoms with Gasteiger partial charge in [0.25, 0.3) is 0 Å². The largest absolute Gasteiger partial charge is 0.496 e. The Balaban J connectivity index is 3.14. The summed E-state index contributed by atoms with van der Waals surface area (Å²) in [6, 6.07) is 4.22. The van der Waals surface area contributed by atoms with Crippen molar-refractivity contribution in [2.75, 3.05) is 7.11 Å². The Morgan fingerprint density at radius 3 is 2.50 bits per heavy atom. The predicted octanol–water partition coefficient (Wildman–Crippen LogP) is -0.387. The average molecular weight is 251 g/mol. The van der Waals surface area contributed by atoms with Gasteiger partial charge < -0.3 is 27.0 Å². The second-order valence-corrected chi connectivity index (χ2v) is 3.20. The van der Waals surface area contributed by atoms with E-state index in [1.54, 1.807) is 0 Å². The number of carbonyl (C=O) groups is 1. The third-order valence-corrected chi connectivity index (χ3v) is 1.90. The van der Waals surface area contributed by atoms with Gasteiger partial charge in [-0.05, 0) is 12.1 Å². The van der Waals surface area contributed by atoms with E-state index in [-0.39, 0.29) is 23.2 Å². The van der Waals surface area contributed by atoms with Crippen LogP contribution in [0, 0.1) is 0 Å². The number of methoxy groups -OCH3 is 1. The molecule has 18 heavy (non-hydrogen) atoms. The van der Waals surface area contributed by atoms with Gasteiger partial charge in [-0.1, -0.05) is 0 Å². The maximum absolute atomic E-state index is 10.9. The van der Waals surface area contributed by atoms with Gasteiger partial charge in [0.2, 0.25) is 5.96 Å². The lowest BCUT2D eigenvalue weighted by molar-refractivity contribution is 0.0693. The summed E-state index contributed by atoms with van der Waals surface area (Å²) in [5, 5.41) is 8.89. The molecule has 1 aromatic carbocycles. The number of aliphatic imine (C=N–C) groups is 2. The molecule has 1 aromatic rings. The van der Waals surface area contributed by atoms with Gasteiger partial charge in [-0.2, -0.15) is 4.99 Å². The lowest BCUT2D eigenvalue weighted by atomic mass is 10.2. The molecule has 0 saturated heterocycles. The van der Waals surface area contributed by atoms with E-state index < -0.39 is 5.97 Å². The van der Waals surface area contributed by atoms with Crippen LogP contribution in [0.1, 0.15) is 10.4 Å². The zero-order chi connectivity index (χ0) is 13.7. The topological polar surface area (TPSA) is 149 Å². The van der Waals surface area contributed by atoms with E-state index in [1.165, 1.54) is 25.3 Å². The zero-order valence-electron chi connectivity index (χ0n) is 9.62. The molecule has 1 rings (SSSR count). The van der Waals surface area contributed by atoms with Crippen molar-refractivity contribution in [3.63, 3.8) is 0 Å². The molecule has 0 aliphatic heterocycles. The number of hydrogen-bond donors (Lipinski definition) is 4. The Morgan fingerprint density at radius 2 is 2.00 bits per heavy atom. The van der Waals surface area contributed by atoms with Gasteiger partial charge in [-0.3, -0.25) is 0 Å². The quantitative estimate of drug-likeness (QED) is 0.424. The van der Waals surface area contributed by atoms with Crippen LogP contribution >= 0.6 is 0 Å². The molecule has 8 nitrogen and oxygen atoms in total. The lowest BCUT2D eigenvalue weighted by Crippen LogP contribution is -2.26. The third kappa shape index (κ3) is 3.37. The van der Waals surface area contributed by atoms with Crippen molar-refractivity contribution < 1.29 is 14.6 Å². The summed E-state index contributed by atoms with van der Waals surface area (Å²) in [6.45, 7) is 0. The molecule has 8 heteroatoms. The van der Waals surface area contributed by atoms with Crippen LogP contribution in [0.15, 0.2) is 28.2 Å². The minimum atomic E-state index is -1.10. The molecule has 0 amide bonds. The first-order chi connectivity index (χ1) is 8.43. The Labute approximate surface area is 103 Å². The van der Waals surface area contributed by atoms with Crippen LogP contribution in [-0.2, 0) is 0 Å². The molecule has 0 aliphatic rings. The number of nitrogens with zero attached hydrogens (tertiary/aromatic N) is 2. The maximum atomic E-state index is 10.9. The lowest BCUT2D eigenvalue weighted by Gasteiger charge is -2.05. The molecule has 0 saturated carbocycles. The summed E-state index contributed by atoms with van der Waals surface area (Å²) >= 11 is 0. The van der Waals surface area contributed by atoms with Crippen LogP contribution in [0.5, 0.6) is 5.75 Å². The van der Waals surface area contributed by atoms with Crippen molar-refractivity contribution in [1.82, 2.24) is 0 Å². The number of ether oxygens (including phenoxy) is 1. The summed E-state index contributed by atoms with van der Waals surface area (Å²) in [7, 11) is 1.36. The number of hydrogen-bond acceptors (Lipinski definition) is 3. The second-order valence-electron chi connectivity index (χ2n) is 3.20. The number of carboxylic acids is 1. The van der Waals surface area contributed by atoms with Crippen LogP contribution in [0.4, 0.5) is 5.69 Å². The summed E-state index contributed by atoms with van der Waals surface area (Å²) in [6.07, 6.45) is 0. The van der Waals surface area contributed by atoms with Crippen LogP contribution < -0.4 is 21.9 Å². The van der Waals surface area contributed by atoms with Gasteiger partial charge in [0.15, 0.2) is 5.96 Å². The van der Waals surface area contributed by atoms with E-state index in [0.717, 1.165) is 0 Å². The summed E-state index contributed by atoms with van der Waals surface area (Å²) in [5.74, 6) is -1.29. The normalized spacial score (nSPS) is 10.8. The van der Waals surface area contributed by atoms with Crippen LogP contribution in [0.3, 0.4) is 0 Å². The third-order valence-electron chi connectivity index (χ3n) is 1.90. The number of aromatic carboxylic acids is 1. The van der Waals surface area contributed by atoms with Gasteiger partial charge in [0.1, 0.15) is 11.3 Å². The Bertz CT molecular complexity index is 520. The highest BCUT2D eigenvalue weighted by molar-refractivity contribution is 5.94. The van der Waals surface area contributed by atoms with Gasteiger partial charge >= 0.3 is 5.97 Å². The van der Waals surface area contributed by atoms with Crippen molar-refractivity contribution in [2.45, 2.75) is 0 Å². The van der Waals surface area contributed by atoms with Gasteiger partial charge in [-0.25, -0.2) is 9.79 Å². The highest BCUT2D eigenvalue weighted by Crippen LogP contribution is 2.24. The molecule has 0 atom stereocenters. The highest BCUT2D eigenvalue weighted by atomic mass is 16.5. The fourth-order valence-electron chi connectivity index (χ4n) is 1.22. The number of carboxylic acid groups (broad SMARTS) is 1. The molecular weight excluding hydrogens is 238 g/mol. The molecule has 0 aliphatic carbocycles. The first-order valence-electron chi connectivity index (χ1n) is 4.79. The van der Waals surface area contributed by atoms with Crippen molar-refractivity contribution in [1.29, 1.82) is 0 Å². The molecule has 0 bridgehead atoms. The number of benzene rings is 1. The van der Waals surface area contributed by atoms with Crippen molar-refractivity contribution >= 4 is 23.6 Å². The molecule has 0 fully saturated rings. The summed E-state index contributed by atoms with van der Waals surface area (Å²) < 4.78 is 4.93. The van der Waals surface area contributed by atoms with E-state index in [4.69, 9.17) is 27.0 Å². The molecular formula is C10H13N5O3. The second kappa shape index (κ2) is 5.53. The minimum absolute atomic E-state index is 0.0249. The maximum Gasteiger partial charge on any atom is 0.339 e.